The van der Waals surface area contributed by atoms with Crippen molar-refractivity contribution in [2.45, 2.75) is 52.5 Å². The third kappa shape index (κ3) is 4.08. The van der Waals surface area contributed by atoms with E-state index in [0.717, 1.165) is 36.6 Å². The topological polar surface area (TPSA) is 49.8 Å². The molecule has 1 aliphatic rings. The Morgan fingerprint density at radius 2 is 2.11 bits per heavy atom. The van der Waals surface area contributed by atoms with Gasteiger partial charge in [0, 0.05) is 18.8 Å². The third-order valence-corrected chi connectivity index (χ3v) is 4.14. The number of nitrogens with one attached hydrogen (secondary N) is 2. The van der Waals surface area contributed by atoms with Crippen molar-refractivity contribution in [2.24, 2.45) is 11.8 Å². The molecule has 1 saturated carbocycles. The van der Waals surface area contributed by atoms with Crippen LogP contribution in [0.15, 0.2) is 12.3 Å². The largest absolute Gasteiger partial charge is 0.367 e. The van der Waals surface area contributed by atoms with Crippen molar-refractivity contribution in [3.05, 3.63) is 12.3 Å². The number of hydrogen-bond acceptors (Lipinski definition) is 4. The molecular weight excluding hydrogens is 236 g/mol. The Morgan fingerprint density at radius 1 is 1.26 bits per heavy atom. The van der Waals surface area contributed by atoms with Crippen LogP contribution in [0.3, 0.4) is 0 Å². The van der Waals surface area contributed by atoms with E-state index < -0.39 is 0 Å². The van der Waals surface area contributed by atoms with E-state index in [1.807, 2.05) is 12.3 Å². The predicted molar refractivity (Wildman–Crippen MR) is 80.4 cm³/mol. The van der Waals surface area contributed by atoms with Crippen molar-refractivity contribution in [3.8, 4) is 0 Å². The molecule has 0 saturated heterocycles. The minimum Gasteiger partial charge on any atom is -0.367 e. The van der Waals surface area contributed by atoms with Crippen molar-refractivity contribution in [3.63, 3.8) is 0 Å². The summed E-state index contributed by atoms with van der Waals surface area (Å²) in [5, 5.41) is 6.78. The maximum Gasteiger partial charge on any atom is 0.224 e. The molecule has 0 bridgehead atoms. The highest BCUT2D eigenvalue weighted by Crippen LogP contribution is 2.30. The average Bonchev–Trinajstić information content (AvgIpc) is 2.41. The van der Waals surface area contributed by atoms with E-state index in [-0.39, 0.29) is 0 Å². The van der Waals surface area contributed by atoms with E-state index in [9.17, 15) is 0 Å². The molecule has 4 nitrogen and oxygen atoms in total. The second-order valence-corrected chi connectivity index (χ2v) is 5.80. The molecule has 1 aliphatic carbocycles. The molecular formula is C15H26N4. The van der Waals surface area contributed by atoms with E-state index in [4.69, 9.17) is 0 Å². The summed E-state index contributed by atoms with van der Waals surface area (Å²) in [7, 11) is 0. The lowest BCUT2D eigenvalue weighted by molar-refractivity contribution is 0.260. The number of nitrogens with zero attached hydrogens (tertiary/aromatic N) is 2. The third-order valence-electron chi connectivity index (χ3n) is 4.14. The van der Waals surface area contributed by atoms with Gasteiger partial charge in [0.05, 0.1) is 0 Å². The van der Waals surface area contributed by atoms with Crippen LogP contribution in [-0.4, -0.2) is 22.6 Å². The molecule has 0 spiro atoms. The van der Waals surface area contributed by atoms with Crippen molar-refractivity contribution in [2.75, 3.05) is 17.2 Å². The van der Waals surface area contributed by atoms with E-state index in [1.165, 1.54) is 19.3 Å². The summed E-state index contributed by atoms with van der Waals surface area (Å²) in [6, 6.07) is 2.51. The molecule has 1 heterocycles. The zero-order chi connectivity index (χ0) is 13.7. The fraction of sp³-hybridized carbons (Fsp3) is 0.733. The van der Waals surface area contributed by atoms with Crippen LogP contribution < -0.4 is 10.6 Å². The first-order valence-electron chi connectivity index (χ1n) is 7.52. The first kappa shape index (κ1) is 14.1. The molecule has 1 aromatic rings. The Morgan fingerprint density at radius 3 is 2.84 bits per heavy atom. The summed E-state index contributed by atoms with van der Waals surface area (Å²) in [5.74, 6) is 3.32. The summed E-state index contributed by atoms with van der Waals surface area (Å²) in [5.41, 5.74) is 0. The smallest absolute Gasteiger partial charge is 0.224 e. The maximum absolute atomic E-state index is 4.52. The van der Waals surface area contributed by atoms with Gasteiger partial charge in [-0.2, -0.15) is 4.98 Å². The van der Waals surface area contributed by atoms with Gasteiger partial charge in [0.1, 0.15) is 5.82 Å². The zero-order valence-electron chi connectivity index (χ0n) is 12.3. The SMILES string of the molecule is CCCNc1nccc(NC2CCC(C)C(C)C2)n1. The molecule has 0 amide bonds. The number of anilines is 2. The Labute approximate surface area is 116 Å². The van der Waals surface area contributed by atoms with Gasteiger partial charge in [-0.05, 0) is 43.6 Å². The average molecular weight is 262 g/mol. The summed E-state index contributed by atoms with van der Waals surface area (Å²) >= 11 is 0. The van der Waals surface area contributed by atoms with Crippen molar-refractivity contribution < 1.29 is 0 Å². The lowest BCUT2D eigenvalue weighted by Crippen LogP contribution is -2.30. The van der Waals surface area contributed by atoms with Crippen LogP contribution in [-0.2, 0) is 0 Å². The van der Waals surface area contributed by atoms with Gasteiger partial charge in [0.2, 0.25) is 5.95 Å². The summed E-state index contributed by atoms with van der Waals surface area (Å²) in [6.45, 7) is 7.77. The minimum absolute atomic E-state index is 0.556. The molecule has 19 heavy (non-hydrogen) atoms. The van der Waals surface area contributed by atoms with E-state index in [1.54, 1.807) is 0 Å². The fourth-order valence-electron chi connectivity index (χ4n) is 2.65. The number of aromatic nitrogens is 2. The monoisotopic (exact) mass is 262 g/mol. The molecule has 106 valence electrons. The Bertz CT molecular complexity index is 393. The highest BCUT2D eigenvalue weighted by atomic mass is 15.1. The number of rotatable bonds is 5. The van der Waals surface area contributed by atoms with Crippen LogP contribution in [0.4, 0.5) is 11.8 Å². The van der Waals surface area contributed by atoms with E-state index >= 15 is 0 Å². The molecule has 4 heteroatoms. The Kier molecular flexibility index (Phi) is 5.00. The molecule has 0 aliphatic heterocycles. The first-order valence-corrected chi connectivity index (χ1v) is 7.52. The van der Waals surface area contributed by atoms with Gasteiger partial charge in [0.15, 0.2) is 0 Å². The normalized spacial score (nSPS) is 27.0. The standard InChI is InChI=1S/C15H26N4/c1-4-8-16-15-17-9-7-14(19-15)18-13-6-5-11(2)12(3)10-13/h7,9,11-13H,4-6,8,10H2,1-3H3,(H2,16,17,18,19). The molecule has 3 atom stereocenters. The first-order chi connectivity index (χ1) is 9.19. The lowest BCUT2D eigenvalue weighted by Gasteiger charge is -2.32. The highest BCUT2D eigenvalue weighted by molar-refractivity contribution is 5.40. The molecule has 3 unspecified atom stereocenters. The molecule has 0 radical (unpaired) electrons. The second-order valence-electron chi connectivity index (χ2n) is 5.80. The molecule has 2 N–H and O–H groups in total. The van der Waals surface area contributed by atoms with E-state index in [0.29, 0.717) is 6.04 Å². The van der Waals surface area contributed by atoms with Crippen molar-refractivity contribution in [1.29, 1.82) is 0 Å². The Hall–Kier alpha value is -1.32. The van der Waals surface area contributed by atoms with Crippen LogP contribution >= 0.6 is 0 Å². The maximum atomic E-state index is 4.52. The Balaban J connectivity index is 1.91. The molecule has 2 rings (SSSR count). The quantitative estimate of drug-likeness (QED) is 0.852. The fourth-order valence-corrected chi connectivity index (χ4v) is 2.65. The van der Waals surface area contributed by atoms with Crippen molar-refractivity contribution in [1.82, 2.24) is 9.97 Å². The van der Waals surface area contributed by atoms with Crippen LogP contribution in [0.5, 0.6) is 0 Å². The van der Waals surface area contributed by atoms with Crippen LogP contribution in [0.2, 0.25) is 0 Å². The van der Waals surface area contributed by atoms with Gasteiger partial charge >= 0.3 is 0 Å². The lowest BCUT2D eigenvalue weighted by atomic mass is 9.79. The van der Waals surface area contributed by atoms with Gasteiger partial charge in [-0.15, -0.1) is 0 Å². The highest BCUT2D eigenvalue weighted by Gasteiger charge is 2.24. The van der Waals surface area contributed by atoms with Gasteiger partial charge < -0.3 is 10.6 Å². The predicted octanol–water partition coefficient (Wildman–Crippen LogP) is 3.54. The summed E-state index contributed by atoms with van der Waals surface area (Å²) in [4.78, 5) is 8.75. The van der Waals surface area contributed by atoms with Gasteiger partial charge in [-0.1, -0.05) is 20.8 Å². The number of hydrogen-bond donors (Lipinski definition) is 2. The molecule has 1 fully saturated rings. The van der Waals surface area contributed by atoms with Gasteiger partial charge in [-0.25, -0.2) is 4.98 Å². The van der Waals surface area contributed by atoms with E-state index in [2.05, 4.69) is 41.4 Å². The molecule has 1 aromatic heterocycles. The van der Waals surface area contributed by atoms with Gasteiger partial charge in [-0.3, -0.25) is 0 Å². The van der Waals surface area contributed by atoms with Crippen LogP contribution in [0, 0.1) is 11.8 Å². The summed E-state index contributed by atoms with van der Waals surface area (Å²) in [6.07, 6.45) is 6.70. The second kappa shape index (κ2) is 6.73. The zero-order valence-corrected chi connectivity index (χ0v) is 12.3. The van der Waals surface area contributed by atoms with Crippen LogP contribution in [0.1, 0.15) is 46.5 Å². The minimum atomic E-state index is 0.556. The molecule has 0 aromatic carbocycles. The van der Waals surface area contributed by atoms with Crippen LogP contribution in [0.25, 0.3) is 0 Å². The van der Waals surface area contributed by atoms with Gasteiger partial charge in [0.25, 0.3) is 0 Å². The summed E-state index contributed by atoms with van der Waals surface area (Å²) < 4.78 is 0. The van der Waals surface area contributed by atoms with Crippen molar-refractivity contribution >= 4 is 11.8 Å².